The van der Waals surface area contributed by atoms with E-state index in [0.29, 0.717) is 6.04 Å². The molecule has 1 aliphatic heterocycles. The summed E-state index contributed by atoms with van der Waals surface area (Å²) >= 11 is 0. The third-order valence-corrected chi connectivity index (χ3v) is 3.53. The van der Waals surface area contributed by atoms with Crippen LogP contribution in [0.15, 0.2) is 29.1 Å². The number of aromatic amines is 1. The van der Waals surface area contributed by atoms with E-state index in [1.165, 1.54) is 0 Å². The maximum absolute atomic E-state index is 12.3. The SMILES string of the molecule is CC1c2[nH]c3ccccc3c(=O)c2CN1C. The molecule has 3 rings (SSSR count). The number of rotatable bonds is 0. The summed E-state index contributed by atoms with van der Waals surface area (Å²) in [5.41, 5.74) is 3.12. The van der Waals surface area contributed by atoms with Crippen molar-refractivity contribution in [2.45, 2.75) is 19.5 Å². The molecule has 0 amide bonds. The molecule has 3 nitrogen and oxygen atoms in total. The van der Waals surface area contributed by atoms with E-state index >= 15 is 0 Å². The fraction of sp³-hybridized carbons (Fsp3) is 0.308. The molecular formula is C13H14N2O. The zero-order valence-corrected chi connectivity index (χ0v) is 9.45. The molecule has 3 heteroatoms. The molecule has 1 unspecified atom stereocenters. The molecule has 16 heavy (non-hydrogen) atoms. The maximum Gasteiger partial charge on any atom is 0.194 e. The third kappa shape index (κ3) is 1.15. The smallest absolute Gasteiger partial charge is 0.194 e. The Hall–Kier alpha value is -1.61. The van der Waals surface area contributed by atoms with Gasteiger partial charge < -0.3 is 4.98 Å². The lowest BCUT2D eigenvalue weighted by molar-refractivity contribution is 0.283. The molecule has 1 atom stereocenters. The summed E-state index contributed by atoms with van der Waals surface area (Å²) in [4.78, 5) is 17.8. The number of benzene rings is 1. The number of hydrogen-bond donors (Lipinski definition) is 1. The van der Waals surface area contributed by atoms with Gasteiger partial charge in [-0.1, -0.05) is 12.1 Å². The van der Waals surface area contributed by atoms with Gasteiger partial charge in [0.2, 0.25) is 0 Å². The van der Waals surface area contributed by atoms with Crippen molar-refractivity contribution in [1.82, 2.24) is 9.88 Å². The highest BCUT2D eigenvalue weighted by Gasteiger charge is 2.27. The van der Waals surface area contributed by atoms with E-state index in [1.807, 2.05) is 31.3 Å². The van der Waals surface area contributed by atoms with Crippen molar-refractivity contribution in [3.05, 3.63) is 45.7 Å². The fourth-order valence-corrected chi connectivity index (χ4v) is 2.42. The van der Waals surface area contributed by atoms with Crippen molar-refractivity contribution in [2.24, 2.45) is 0 Å². The summed E-state index contributed by atoms with van der Waals surface area (Å²) in [5.74, 6) is 0. The van der Waals surface area contributed by atoms with Crippen LogP contribution in [0.1, 0.15) is 24.2 Å². The lowest BCUT2D eigenvalue weighted by Gasteiger charge is -2.14. The van der Waals surface area contributed by atoms with Gasteiger partial charge in [-0.15, -0.1) is 0 Å². The van der Waals surface area contributed by atoms with Crippen LogP contribution in [0.25, 0.3) is 10.9 Å². The lowest BCUT2D eigenvalue weighted by Crippen LogP contribution is -2.14. The number of H-pyrrole nitrogens is 1. The van der Waals surface area contributed by atoms with Crippen LogP contribution in [0.2, 0.25) is 0 Å². The van der Waals surface area contributed by atoms with E-state index in [0.717, 1.165) is 28.7 Å². The summed E-state index contributed by atoms with van der Waals surface area (Å²) in [6.07, 6.45) is 0. The Bertz CT molecular complexity index is 615. The Kier molecular flexibility index (Phi) is 1.91. The number of nitrogens with zero attached hydrogens (tertiary/aromatic N) is 1. The topological polar surface area (TPSA) is 36.1 Å². The van der Waals surface area contributed by atoms with E-state index in [-0.39, 0.29) is 5.43 Å². The molecule has 2 aromatic rings. The Balaban J connectivity index is 2.40. The first-order valence-corrected chi connectivity index (χ1v) is 5.52. The van der Waals surface area contributed by atoms with Crippen LogP contribution in [0, 0.1) is 0 Å². The zero-order valence-electron chi connectivity index (χ0n) is 9.45. The number of pyridine rings is 1. The van der Waals surface area contributed by atoms with Crippen LogP contribution in [0.4, 0.5) is 0 Å². The summed E-state index contributed by atoms with van der Waals surface area (Å²) in [6, 6.07) is 8.01. The Morgan fingerprint density at radius 1 is 1.38 bits per heavy atom. The number of hydrogen-bond acceptors (Lipinski definition) is 2. The molecule has 0 saturated carbocycles. The van der Waals surface area contributed by atoms with Gasteiger partial charge in [0.25, 0.3) is 0 Å². The van der Waals surface area contributed by atoms with E-state index in [9.17, 15) is 4.79 Å². The molecule has 1 aromatic heterocycles. The minimum Gasteiger partial charge on any atom is -0.357 e. The minimum absolute atomic E-state index is 0.181. The molecule has 0 saturated heterocycles. The van der Waals surface area contributed by atoms with Crippen molar-refractivity contribution in [2.75, 3.05) is 7.05 Å². The summed E-state index contributed by atoms with van der Waals surface area (Å²) in [6.45, 7) is 2.87. The maximum atomic E-state index is 12.3. The van der Waals surface area contributed by atoms with Gasteiger partial charge in [0.1, 0.15) is 0 Å². The Morgan fingerprint density at radius 2 is 2.12 bits per heavy atom. The Morgan fingerprint density at radius 3 is 2.94 bits per heavy atom. The summed E-state index contributed by atoms with van der Waals surface area (Å²) in [7, 11) is 2.04. The number of fused-ring (bicyclic) bond motifs is 2. The molecule has 2 heterocycles. The van der Waals surface area contributed by atoms with Gasteiger partial charge in [-0.3, -0.25) is 9.69 Å². The molecule has 0 bridgehead atoms. The zero-order chi connectivity index (χ0) is 11.3. The molecule has 1 aliphatic rings. The second kappa shape index (κ2) is 3.19. The van der Waals surface area contributed by atoms with Gasteiger partial charge in [0, 0.05) is 34.7 Å². The van der Waals surface area contributed by atoms with E-state index in [4.69, 9.17) is 0 Å². The number of aromatic nitrogens is 1. The fourth-order valence-electron chi connectivity index (χ4n) is 2.42. The van der Waals surface area contributed by atoms with Crippen molar-refractivity contribution in [1.29, 1.82) is 0 Å². The largest absolute Gasteiger partial charge is 0.357 e. The molecular weight excluding hydrogens is 200 g/mol. The van der Waals surface area contributed by atoms with Crippen LogP contribution >= 0.6 is 0 Å². The first-order chi connectivity index (χ1) is 7.68. The van der Waals surface area contributed by atoms with Gasteiger partial charge in [0.15, 0.2) is 5.43 Å². The number of para-hydroxylation sites is 1. The van der Waals surface area contributed by atoms with Crippen LogP contribution < -0.4 is 5.43 Å². The van der Waals surface area contributed by atoms with Crippen molar-refractivity contribution in [3.8, 4) is 0 Å². The molecule has 82 valence electrons. The van der Waals surface area contributed by atoms with Crippen molar-refractivity contribution < 1.29 is 0 Å². The highest BCUT2D eigenvalue weighted by molar-refractivity contribution is 5.79. The van der Waals surface area contributed by atoms with E-state index in [1.54, 1.807) is 0 Å². The first kappa shape index (κ1) is 9.60. The van der Waals surface area contributed by atoms with Gasteiger partial charge in [-0.05, 0) is 26.1 Å². The molecule has 1 aromatic carbocycles. The molecule has 0 aliphatic carbocycles. The number of nitrogens with one attached hydrogen (secondary N) is 1. The lowest BCUT2D eigenvalue weighted by atomic mass is 10.1. The van der Waals surface area contributed by atoms with Gasteiger partial charge in [-0.2, -0.15) is 0 Å². The third-order valence-electron chi connectivity index (χ3n) is 3.53. The van der Waals surface area contributed by atoms with E-state index < -0.39 is 0 Å². The molecule has 0 spiro atoms. The average molecular weight is 214 g/mol. The average Bonchev–Trinajstić information content (AvgIpc) is 2.58. The van der Waals surface area contributed by atoms with Crippen molar-refractivity contribution >= 4 is 10.9 Å². The Labute approximate surface area is 93.7 Å². The van der Waals surface area contributed by atoms with E-state index in [2.05, 4.69) is 16.8 Å². The predicted octanol–water partition coefficient (Wildman–Crippen LogP) is 2.03. The molecule has 0 fully saturated rings. The molecule has 1 N–H and O–H groups in total. The highest BCUT2D eigenvalue weighted by atomic mass is 16.1. The summed E-state index contributed by atoms with van der Waals surface area (Å²) < 4.78 is 0. The normalized spacial score (nSPS) is 20.2. The monoisotopic (exact) mass is 214 g/mol. The van der Waals surface area contributed by atoms with Crippen LogP contribution in [0.5, 0.6) is 0 Å². The molecule has 0 radical (unpaired) electrons. The van der Waals surface area contributed by atoms with Crippen LogP contribution in [-0.2, 0) is 6.54 Å². The quantitative estimate of drug-likeness (QED) is 0.728. The van der Waals surface area contributed by atoms with Crippen molar-refractivity contribution in [3.63, 3.8) is 0 Å². The van der Waals surface area contributed by atoms with Gasteiger partial charge in [-0.25, -0.2) is 0 Å². The van der Waals surface area contributed by atoms with Gasteiger partial charge in [0.05, 0.1) is 0 Å². The van der Waals surface area contributed by atoms with Crippen LogP contribution in [0.3, 0.4) is 0 Å². The first-order valence-electron chi connectivity index (χ1n) is 5.52. The second-order valence-electron chi connectivity index (χ2n) is 4.48. The highest BCUT2D eigenvalue weighted by Crippen LogP contribution is 2.29. The standard InChI is InChI=1S/C13H14N2O/c1-8-12-10(7-15(8)2)13(16)9-5-3-4-6-11(9)14-12/h3-6,8H,7H2,1-2H3,(H,14,16). The predicted molar refractivity (Wildman–Crippen MR) is 64.5 cm³/mol. The van der Waals surface area contributed by atoms with Gasteiger partial charge >= 0.3 is 0 Å². The second-order valence-corrected chi connectivity index (χ2v) is 4.48. The summed E-state index contributed by atoms with van der Waals surface area (Å²) in [5, 5.41) is 0.795. The van der Waals surface area contributed by atoms with Crippen LogP contribution in [-0.4, -0.2) is 16.9 Å². The minimum atomic E-state index is 0.181.